The molecule has 0 saturated carbocycles. The van der Waals surface area contributed by atoms with Crippen LogP contribution in [-0.4, -0.2) is 36.5 Å². The van der Waals surface area contributed by atoms with Gasteiger partial charge in [-0.15, -0.1) is 0 Å². The lowest BCUT2D eigenvalue weighted by molar-refractivity contribution is -0.114. The van der Waals surface area contributed by atoms with Crippen LogP contribution in [0.1, 0.15) is 32.3 Å². The minimum Gasteiger partial charge on any atom is -0.326 e. The van der Waals surface area contributed by atoms with E-state index in [4.69, 9.17) is 0 Å². The van der Waals surface area contributed by atoms with E-state index in [1.807, 2.05) is 12.1 Å². The van der Waals surface area contributed by atoms with Gasteiger partial charge in [0.25, 0.3) is 0 Å². The minimum atomic E-state index is -0.0313. The Balaban J connectivity index is 1.80. The van der Waals surface area contributed by atoms with Crippen molar-refractivity contribution >= 4 is 11.6 Å². The van der Waals surface area contributed by atoms with Crippen LogP contribution in [0.25, 0.3) is 0 Å². The molecule has 1 aliphatic heterocycles. The van der Waals surface area contributed by atoms with Crippen molar-refractivity contribution in [1.82, 2.24) is 10.2 Å². The normalized spacial score (nSPS) is 23.6. The molecule has 0 spiro atoms. The van der Waals surface area contributed by atoms with Gasteiger partial charge in [-0.1, -0.05) is 12.1 Å². The first-order valence-corrected chi connectivity index (χ1v) is 7.35. The van der Waals surface area contributed by atoms with Crippen molar-refractivity contribution < 1.29 is 4.79 Å². The van der Waals surface area contributed by atoms with Gasteiger partial charge in [0.15, 0.2) is 0 Å². The quantitative estimate of drug-likeness (QED) is 0.885. The molecule has 110 valence electrons. The molecule has 1 amide bonds. The molecule has 0 aromatic heterocycles. The van der Waals surface area contributed by atoms with Crippen molar-refractivity contribution in [3.8, 4) is 0 Å². The first-order valence-electron chi connectivity index (χ1n) is 7.35. The summed E-state index contributed by atoms with van der Waals surface area (Å²) < 4.78 is 0. The Hall–Kier alpha value is -1.39. The van der Waals surface area contributed by atoms with Gasteiger partial charge in [0.2, 0.25) is 5.91 Å². The highest BCUT2D eigenvalue weighted by molar-refractivity contribution is 5.88. The molecule has 1 aliphatic rings. The van der Waals surface area contributed by atoms with Crippen molar-refractivity contribution in [3.63, 3.8) is 0 Å². The third-order valence-corrected chi connectivity index (χ3v) is 4.08. The Bertz CT molecular complexity index is 444. The van der Waals surface area contributed by atoms with E-state index in [-0.39, 0.29) is 5.91 Å². The molecule has 2 atom stereocenters. The summed E-state index contributed by atoms with van der Waals surface area (Å²) >= 11 is 0. The fourth-order valence-corrected chi connectivity index (χ4v) is 2.65. The van der Waals surface area contributed by atoms with Crippen molar-refractivity contribution in [2.24, 2.45) is 0 Å². The number of piperidine rings is 1. The number of amides is 1. The fraction of sp³-hybridized carbons (Fsp3) is 0.562. The predicted octanol–water partition coefficient (Wildman–Crippen LogP) is 2.22. The summed E-state index contributed by atoms with van der Waals surface area (Å²) in [5.74, 6) is -0.0313. The molecule has 1 aromatic rings. The molecule has 0 aliphatic carbocycles. The molecule has 2 rings (SSSR count). The van der Waals surface area contributed by atoms with Crippen molar-refractivity contribution in [2.45, 2.75) is 45.3 Å². The number of carbonyl (C=O) groups excluding carboxylic acids is 1. The predicted molar refractivity (Wildman–Crippen MR) is 82.7 cm³/mol. The number of anilines is 1. The molecule has 4 heteroatoms. The second-order valence-electron chi connectivity index (χ2n) is 5.81. The zero-order chi connectivity index (χ0) is 14.5. The van der Waals surface area contributed by atoms with E-state index in [2.05, 4.69) is 41.6 Å². The van der Waals surface area contributed by atoms with Gasteiger partial charge in [-0.05, 0) is 51.1 Å². The lowest BCUT2D eigenvalue weighted by atomic mass is 9.99. The number of rotatable bonds is 4. The molecule has 1 fully saturated rings. The van der Waals surface area contributed by atoms with Gasteiger partial charge in [0.1, 0.15) is 0 Å². The number of benzene rings is 1. The highest BCUT2D eigenvalue weighted by Crippen LogP contribution is 2.16. The maximum Gasteiger partial charge on any atom is 0.221 e. The standard InChI is InChI=1S/C16H25N3O/c1-12-10-16(8-9-19(12)3)17-11-14-4-6-15(7-5-14)18-13(2)20/h4-7,12,16-17H,8-11H2,1-3H3,(H,18,20). The summed E-state index contributed by atoms with van der Waals surface area (Å²) in [5, 5.41) is 6.42. The number of nitrogens with zero attached hydrogens (tertiary/aromatic N) is 1. The van der Waals surface area contributed by atoms with Gasteiger partial charge in [-0.2, -0.15) is 0 Å². The largest absolute Gasteiger partial charge is 0.326 e. The topological polar surface area (TPSA) is 44.4 Å². The smallest absolute Gasteiger partial charge is 0.221 e. The van der Waals surface area contributed by atoms with Crippen LogP contribution in [0.4, 0.5) is 5.69 Å². The summed E-state index contributed by atoms with van der Waals surface area (Å²) in [4.78, 5) is 13.4. The molecule has 4 nitrogen and oxygen atoms in total. The Morgan fingerprint density at radius 3 is 2.65 bits per heavy atom. The Kier molecular flexibility index (Phi) is 5.15. The highest BCUT2D eigenvalue weighted by Gasteiger charge is 2.21. The lowest BCUT2D eigenvalue weighted by Gasteiger charge is -2.35. The molecular weight excluding hydrogens is 250 g/mol. The van der Waals surface area contributed by atoms with Gasteiger partial charge < -0.3 is 15.5 Å². The lowest BCUT2D eigenvalue weighted by Crippen LogP contribution is -2.45. The zero-order valence-electron chi connectivity index (χ0n) is 12.6. The molecule has 1 aromatic carbocycles. The number of likely N-dealkylation sites (tertiary alicyclic amines) is 1. The first-order chi connectivity index (χ1) is 9.54. The van der Waals surface area contributed by atoms with Gasteiger partial charge in [-0.3, -0.25) is 4.79 Å². The third kappa shape index (κ3) is 4.32. The zero-order valence-corrected chi connectivity index (χ0v) is 12.6. The van der Waals surface area contributed by atoms with E-state index in [0.29, 0.717) is 12.1 Å². The van der Waals surface area contributed by atoms with Gasteiger partial charge >= 0.3 is 0 Å². The van der Waals surface area contributed by atoms with Crippen LogP contribution in [0.15, 0.2) is 24.3 Å². The maximum atomic E-state index is 11.0. The average molecular weight is 275 g/mol. The van der Waals surface area contributed by atoms with E-state index in [0.717, 1.165) is 12.2 Å². The molecule has 0 radical (unpaired) electrons. The number of carbonyl (C=O) groups is 1. The van der Waals surface area contributed by atoms with Crippen LogP contribution in [-0.2, 0) is 11.3 Å². The molecular formula is C16H25N3O. The van der Waals surface area contributed by atoms with E-state index in [1.165, 1.54) is 31.9 Å². The number of nitrogens with one attached hydrogen (secondary N) is 2. The van der Waals surface area contributed by atoms with Crippen LogP contribution in [0.3, 0.4) is 0 Å². The van der Waals surface area contributed by atoms with E-state index < -0.39 is 0 Å². The van der Waals surface area contributed by atoms with Crippen molar-refractivity contribution in [1.29, 1.82) is 0 Å². The molecule has 1 heterocycles. The molecule has 2 N–H and O–H groups in total. The second kappa shape index (κ2) is 6.86. The van der Waals surface area contributed by atoms with Crippen LogP contribution >= 0.6 is 0 Å². The average Bonchev–Trinajstić information content (AvgIpc) is 2.41. The summed E-state index contributed by atoms with van der Waals surface area (Å²) in [7, 11) is 2.20. The Morgan fingerprint density at radius 2 is 2.05 bits per heavy atom. The van der Waals surface area contributed by atoms with Gasteiger partial charge in [0.05, 0.1) is 0 Å². The SMILES string of the molecule is CC(=O)Nc1ccc(CNC2CCN(C)C(C)C2)cc1. The number of hydrogen-bond acceptors (Lipinski definition) is 3. The molecule has 20 heavy (non-hydrogen) atoms. The van der Waals surface area contributed by atoms with Crippen molar-refractivity contribution in [2.75, 3.05) is 18.9 Å². The third-order valence-electron chi connectivity index (χ3n) is 4.08. The summed E-state index contributed by atoms with van der Waals surface area (Å²) in [5.41, 5.74) is 2.11. The second-order valence-corrected chi connectivity index (χ2v) is 5.81. The first kappa shape index (κ1) is 15.0. The minimum absolute atomic E-state index is 0.0313. The monoisotopic (exact) mass is 275 g/mol. The molecule has 2 unspecified atom stereocenters. The number of hydrogen-bond donors (Lipinski definition) is 2. The van der Waals surface area contributed by atoms with Crippen LogP contribution < -0.4 is 10.6 Å². The van der Waals surface area contributed by atoms with E-state index in [1.54, 1.807) is 0 Å². The van der Waals surface area contributed by atoms with E-state index in [9.17, 15) is 4.79 Å². The summed E-state index contributed by atoms with van der Waals surface area (Å²) in [6, 6.07) is 9.30. The highest BCUT2D eigenvalue weighted by atomic mass is 16.1. The maximum absolute atomic E-state index is 11.0. The van der Waals surface area contributed by atoms with Crippen LogP contribution in [0.5, 0.6) is 0 Å². The summed E-state index contributed by atoms with van der Waals surface area (Å²) in [6.45, 7) is 5.87. The van der Waals surface area contributed by atoms with Crippen LogP contribution in [0.2, 0.25) is 0 Å². The molecule has 0 bridgehead atoms. The fourth-order valence-electron chi connectivity index (χ4n) is 2.65. The van der Waals surface area contributed by atoms with Gasteiger partial charge in [-0.25, -0.2) is 0 Å². The molecule has 1 saturated heterocycles. The van der Waals surface area contributed by atoms with E-state index >= 15 is 0 Å². The van der Waals surface area contributed by atoms with Crippen LogP contribution in [0, 0.1) is 0 Å². The Morgan fingerprint density at radius 1 is 1.35 bits per heavy atom. The summed E-state index contributed by atoms with van der Waals surface area (Å²) in [6.07, 6.45) is 2.42. The van der Waals surface area contributed by atoms with Gasteiger partial charge in [0, 0.05) is 31.2 Å². The Labute approximate surface area is 121 Å². The van der Waals surface area contributed by atoms with Crippen molar-refractivity contribution in [3.05, 3.63) is 29.8 Å².